The summed E-state index contributed by atoms with van der Waals surface area (Å²) >= 11 is 0. The molecule has 0 aliphatic heterocycles. The molecule has 0 aromatic carbocycles. The monoisotopic (exact) mass is 276 g/mol. The van der Waals surface area contributed by atoms with Crippen molar-refractivity contribution < 1.29 is 4.52 Å². The lowest BCUT2D eigenvalue weighted by Gasteiger charge is -2.23. The molecule has 5 nitrogen and oxygen atoms in total. The molecular formula is C15H24N4O. The molecular weight excluding hydrogens is 252 g/mol. The second-order valence-corrected chi connectivity index (χ2v) is 7.00. The third-order valence-corrected chi connectivity index (χ3v) is 5.20. The van der Waals surface area contributed by atoms with Crippen LogP contribution in [0.2, 0.25) is 0 Å². The number of aromatic nitrogens is 2. The Morgan fingerprint density at radius 2 is 1.90 bits per heavy atom. The van der Waals surface area contributed by atoms with Gasteiger partial charge in [0.25, 0.3) is 0 Å². The fraction of sp³-hybridized carbons (Fsp3) is 0.867. The predicted octanol–water partition coefficient (Wildman–Crippen LogP) is 1.84. The molecule has 1 aromatic rings. The van der Waals surface area contributed by atoms with Gasteiger partial charge in [-0.05, 0) is 51.4 Å². The third-order valence-electron chi connectivity index (χ3n) is 5.20. The van der Waals surface area contributed by atoms with Crippen LogP contribution in [0.1, 0.15) is 69.0 Å². The number of nitrogens with two attached hydrogens (primary N) is 1. The SMILES string of the molecule is NC1CCC(c2nc(C3(CNC4CC4)CC3)no2)CC1. The van der Waals surface area contributed by atoms with E-state index >= 15 is 0 Å². The fourth-order valence-electron chi connectivity index (χ4n) is 3.24. The first-order chi connectivity index (χ1) is 9.75. The number of hydrogen-bond donors (Lipinski definition) is 2. The van der Waals surface area contributed by atoms with Crippen LogP contribution in [0.3, 0.4) is 0 Å². The molecule has 5 heteroatoms. The first-order valence-electron chi connectivity index (χ1n) is 8.08. The van der Waals surface area contributed by atoms with E-state index in [1.54, 1.807) is 0 Å². The Hall–Kier alpha value is -0.940. The lowest BCUT2D eigenvalue weighted by molar-refractivity contribution is 0.298. The highest BCUT2D eigenvalue weighted by Crippen LogP contribution is 2.47. The topological polar surface area (TPSA) is 77.0 Å². The third kappa shape index (κ3) is 2.49. The lowest BCUT2D eigenvalue weighted by Crippen LogP contribution is -2.29. The van der Waals surface area contributed by atoms with Crippen LogP contribution in [0.5, 0.6) is 0 Å². The molecule has 0 amide bonds. The zero-order valence-electron chi connectivity index (χ0n) is 12.0. The van der Waals surface area contributed by atoms with Gasteiger partial charge in [-0.15, -0.1) is 0 Å². The van der Waals surface area contributed by atoms with Gasteiger partial charge in [0.1, 0.15) is 0 Å². The van der Waals surface area contributed by atoms with Gasteiger partial charge >= 0.3 is 0 Å². The molecule has 0 unspecified atom stereocenters. The summed E-state index contributed by atoms with van der Waals surface area (Å²) in [5.74, 6) is 2.23. The molecule has 20 heavy (non-hydrogen) atoms. The summed E-state index contributed by atoms with van der Waals surface area (Å²) in [7, 11) is 0. The van der Waals surface area contributed by atoms with E-state index < -0.39 is 0 Å². The molecule has 1 heterocycles. The zero-order valence-corrected chi connectivity index (χ0v) is 12.0. The van der Waals surface area contributed by atoms with Crippen molar-refractivity contribution >= 4 is 0 Å². The van der Waals surface area contributed by atoms with E-state index in [0.717, 1.165) is 50.0 Å². The van der Waals surface area contributed by atoms with Crippen molar-refractivity contribution in [3.63, 3.8) is 0 Å². The minimum absolute atomic E-state index is 0.176. The van der Waals surface area contributed by atoms with Crippen LogP contribution < -0.4 is 11.1 Å². The van der Waals surface area contributed by atoms with E-state index in [1.165, 1.54) is 25.7 Å². The molecule has 3 aliphatic rings. The second-order valence-electron chi connectivity index (χ2n) is 7.00. The summed E-state index contributed by atoms with van der Waals surface area (Å²) in [6, 6.07) is 1.12. The number of nitrogens with one attached hydrogen (secondary N) is 1. The zero-order chi connectivity index (χ0) is 13.6. The van der Waals surface area contributed by atoms with E-state index in [2.05, 4.69) is 10.5 Å². The lowest BCUT2D eigenvalue weighted by atomic mass is 9.86. The standard InChI is InChI=1S/C15H24N4O/c16-11-3-1-10(2-4-11)13-18-14(19-20-13)15(7-8-15)9-17-12-5-6-12/h10-12,17H,1-9,16H2. The average molecular weight is 276 g/mol. The van der Waals surface area contributed by atoms with Crippen LogP contribution in [-0.2, 0) is 5.41 Å². The smallest absolute Gasteiger partial charge is 0.229 e. The van der Waals surface area contributed by atoms with Gasteiger partial charge in [0.05, 0.1) is 0 Å². The Balaban J connectivity index is 1.42. The minimum Gasteiger partial charge on any atom is -0.339 e. The van der Waals surface area contributed by atoms with E-state index in [0.29, 0.717) is 12.0 Å². The summed E-state index contributed by atoms with van der Waals surface area (Å²) in [5, 5.41) is 7.90. The first kappa shape index (κ1) is 12.8. The van der Waals surface area contributed by atoms with E-state index in [-0.39, 0.29) is 5.41 Å². The maximum Gasteiger partial charge on any atom is 0.229 e. The van der Waals surface area contributed by atoms with E-state index in [1.807, 2.05) is 0 Å². The molecule has 0 bridgehead atoms. The van der Waals surface area contributed by atoms with Gasteiger partial charge in [0, 0.05) is 30.0 Å². The maximum absolute atomic E-state index is 5.96. The Bertz CT molecular complexity index is 470. The van der Waals surface area contributed by atoms with Gasteiger partial charge in [-0.25, -0.2) is 0 Å². The van der Waals surface area contributed by atoms with Crippen molar-refractivity contribution in [1.29, 1.82) is 0 Å². The van der Waals surface area contributed by atoms with Crippen molar-refractivity contribution in [2.45, 2.75) is 74.8 Å². The molecule has 4 rings (SSSR count). The molecule has 0 radical (unpaired) electrons. The summed E-state index contributed by atoms with van der Waals surface area (Å²) in [4.78, 5) is 4.73. The Kier molecular flexibility index (Phi) is 3.07. The van der Waals surface area contributed by atoms with E-state index in [9.17, 15) is 0 Å². The molecule has 3 N–H and O–H groups in total. The normalized spacial score (nSPS) is 32.2. The Morgan fingerprint density at radius 1 is 1.15 bits per heavy atom. The highest BCUT2D eigenvalue weighted by Gasteiger charge is 2.49. The van der Waals surface area contributed by atoms with Crippen LogP contribution in [0.4, 0.5) is 0 Å². The number of rotatable bonds is 5. The van der Waals surface area contributed by atoms with Crippen LogP contribution in [0.25, 0.3) is 0 Å². The van der Waals surface area contributed by atoms with Crippen LogP contribution in [0.15, 0.2) is 4.52 Å². The van der Waals surface area contributed by atoms with Crippen molar-refractivity contribution in [3.8, 4) is 0 Å². The van der Waals surface area contributed by atoms with Crippen LogP contribution in [0, 0.1) is 0 Å². The summed E-state index contributed by atoms with van der Waals surface area (Å²) in [5.41, 5.74) is 6.13. The molecule has 0 spiro atoms. The second kappa shape index (κ2) is 4.81. The van der Waals surface area contributed by atoms with Crippen LogP contribution >= 0.6 is 0 Å². The molecule has 0 saturated heterocycles. The van der Waals surface area contributed by atoms with Crippen molar-refractivity contribution in [2.75, 3.05) is 6.54 Å². The Labute approximate surface area is 119 Å². The van der Waals surface area contributed by atoms with E-state index in [4.69, 9.17) is 15.2 Å². The molecule has 110 valence electrons. The summed E-state index contributed by atoms with van der Waals surface area (Å²) in [6.45, 7) is 1.02. The molecule has 0 atom stereocenters. The van der Waals surface area contributed by atoms with Gasteiger partial charge in [0.2, 0.25) is 5.89 Å². The van der Waals surface area contributed by atoms with Crippen LogP contribution in [-0.4, -0.2) is 28.8 Å². The summed E-state index contributed by atoms with van der Waals surface area (Å²) < 4.78 is 5.56. The molecule has 3 saturated carbocycles. The first-order valence-corrected chi connectivity index (χ1v) is 8.08. The van der Waals surface area contributed by atoms with Gasteiger partial charge in [-0.3, -0.25) is 0 Å². The molecule has 3 aliphatic carbocycles. The predicted molar refractivity (Wildman–Crippen MR) is 75.4 cm³/mol. The highest BCUT2D eigenvalue weighted by atomic mass is 16.5. The van der Waals surface area contributed by atoms with Crippen molar-refractivity contribution in [1.82, 2.24) is 15.5 Å². The van der Waals surface area contributed by atoms with Crippen molar-refractivity contribution in [2.24, 2.45) is 5.73 Å². The van der Waals surface area contributed by atoms with Gasteiger partial charge in [0.15, 0.2) is 5.82 Å². The molecule has 3 fully saturated rings. The summed E-state index contributed by atoms with van der Waals surface area (Å²) in [6.07, 6.45) is 9.40. The van der Waals surface area contributed by atoms with Gasteiger partial charge < -0.3 is 15.6 Å². The number of hydrogen-bond acceptors (Lipinski definition) is 5. The average Bonchev–Trinajstić information content (AvgIpc) is 3.38. The largest absolute Gasteiger partial charge is 0.339 e. The van der Waals surface area contributed by atoms with Gasteiger partial charge in [-0.1, -0.05) is 5.16 Å². The fourth-order valence-corrected chi connectivity index (χ4v) is 3.24. The highest BCUT2D eigenvalue weighted by molar-refractivity contribution is 5.19. The molecule has 1 aromatic heterocycles. The van der Waals surface area contributed by atoms with Crippen molar-refractivity contribution in [3.05, 3.63) is 11.7 Å². The number of nitrogens with zero attached hydrogens (tertiary/aromatic N) is 2. The maximum atomic E-state index is 5.96. The quantitative estimate of drug-likeness (QED) is 0.858. The minimum atomic E-state index is 0.176. The Morgan fingerprint density at radius 3 is 2.55 bits per heavy atom. The van der Waals surface area contributed by atoms with Gasteiger partial charge in [-0.2, -0.15) is 4.98 Å².